The molecule has 0 aromatic carbocycles. The second-order valence-electron chi connectivity index (χ2n) is 5.76. The van der Waals surface area contributed by atoms with Crippen LogP contribution in [0.5, 0.6) is 0 Å². The predicted molar refractivity (Wildman–Crippen MR) is 69.6 cm³/mol. The molecule has 1 aliphatic carbocycles. The summed E-state index contributed by atoms with van der Waals surface area (Å²) in [6.45, 7) is 6.24. The summed E-state index contributed by atoms with van der Waals surface area (Å²) in [5.74, 6) is 1.71. The highest BCUT2D eigenvalue weighted by Crippen LogP contribution is 2.26. The molecule has 0 spiro atoms. The first kappa shape index (κ1) is 12.9. The third-order valence-electron chi connectivity index (χ3n) is 4.40. The van der Waals surface area contributed by atoms with Crippen molar-refractivity contribution in [2.45, 2.75) is 45.1 Å². The Bertz CT molecular complexity index is 267. The van der Waals surface area contributed by atoms with Crippen LogP contribution in [-0.2, 0) is 0 Å². The summed E-state index contributed by atoms with van der Waals surface area (Å²) in [5, 5.41) is 12.5. The summed E-state index contributed by atoms with van der Waals surface area (Å²) in [4.78, 5) is 2.32. The van der Waals surface area contributed by atoms with Crippen molar-refractivity contribution >= 4 is 0 Å². The Morgan fingerprint density at radius 1 is 1.29 bits per heavy atom. The van der Waals surface area contributed by atoms with E-state index in [1.54, 1.807) is 0 Å². The Kier molecular flexibility index (Phi) is 4.82. The van der Waals surface area contributed by atoms with Crippen LogP contribution in [0.2, 0.25) is 0 Å². The summed E-state index contributed by atoms with van der Waals surface area (Å²) < 4.78 is 0. The van der Waals surface area contributed by atoms with Crippen LogP contribution in [0.25, 0.3) is 0 Å². The molecule has 3 heteroatoms. The highest BCUT2D eigenvalue weighted by molar-refractivity contribution is 4.88. The molecule has 2 atom stereocenters. The molecule has 1 saturated carbocycles. The molecule has 3 nitrogen and oxygen atoms in total. The van der Waals surface area contributed by atoms with Gasteiger partial charge >= 0.3 is 0 Å². The summed E-state index contributed by atoms with van der Waals surface area (Å²) in [6, 6.07) is 2.90. The zero-order chi connectivity index (χ0) is 12.1. The van der Waals surface area contributed by atoms with Gasteiger partial charge in [-0.3, -0.25) is 4.90 Å². The normalized spacial score (nSPS) is 30.8. The van der Waals surface area contributed by atoms with E-state index in [1.165, 1.54) is 38.6 Å². The van der Waals surface area contributed by atoms with Gasteiger partial charge in [0.25, 0.3) is 0 Å². The average Bonchev–Trinajstić information content (AvgIpc) is 2.27. The van der Waals surface area contributed by atoms with Gasteiger partial charge in [-0.2, -0.15) is 5.26 Å². The van der Waals surface area contributed by atoms with Gasteiger partial charge in [-0.1, -0.05) is 19.8 Å². The first-order chi connectivity index (χ1) is 8.31. The fourth-order valence-corrected chi connectivity index (χ4v) is 3.01. The molecular formula is C14H25N3. The van der Waals surface area contributed by atoms with Crippen molar-refractivity contribution in [3.8, 4) is 6.07 Å². The van der Waals surface area contributed by atoms with Crippen molar-refractivity contribution in [1.29, 1.82) is 5.26 Å². The van der Waals surface area contributed by atoms with Crippen LogP contribution in [0.4, 0.5) is 0 Å². The molecule has 1 saturated heterocycles. The van der Waals surface area contributed by atoms with Crippen molar-refractivity contribution in [2.75, 3.05) is 26.2 Å². The number of hydrogen-bond donors (Lipinski definition) is 1. The van der Waals surface area contributed by atoms with Crippen LogP contribution in [-0.4, -0.2) is 37.1 Å². The fraction of sp³-hybridized carbons (Fsp3) is 0.929. The summed E-state index contributed by atoms with van der Waals surface area (Å²) >= 11 is 0. The number of nitriles is 1. The minimum Gasteiger partial charge on any atom is -0.312 e. The van der Waals surface area contributed by atoms with Gasteiger partial charge in [-0.25, -0.2) is 0 Å². The molecule has 0 aromatic rings. The second kappa shape index (κ2) is 6.37. The Morgan fingerprint density at radius 2 is 2.12 bits per heavy atom. The van der Waals surface area contributed by atoms with Gasteiger partial charge in [0.2, 0.25) is 0 Å². The van der Waals surface area contributed by atoms with Crippen LogP contribution in [0.15, 0.2) is 0 Å². The molecular weight excluding hydrogens is 210 g/mol. The van der Waals surface area contributed by atoms with E-state index in [9.17, 15) is 0 Å². The Morgan fingerprint density at radius 3 is 2.71 bits per heavy atom. The highest BCUT2D eigenvalue weighted by atomic mass is 15.2. The number of piperidine rings is 1. The molecule has 96 valence electrons. The van der Waals surface area contributed by atoms with Gasteiger partial charge in [-0.05, 0) is 37.6 Å². The smallest absolute Gasteiger partial charge is 0.0866 e. The van der Waals surface area contributed by atoms with E-state index >= 15 is 0 Å². The minimum atomic E-state index is 0.595. The van der Waals surface area contributed by atoms with Crippen LogP contribution in [0.3, 0.4) is 0 Å². The van der Waals surface area contributed by atoms with E-state index in [4.69, 9.17) is 5.26 Å². The van der Waals surface area contributed by atoms with Crippen molar-refractivity contribution in [3.63, 3.8) is 0 Å². The minimum absolute atomic E-state index is 0.595. The molecule has 0 amide bonds. The first-order valence-electron chi connectivity index (χ1n) is 7.14. The Labute approximate surface area is 105 Å². The second-order valence-corrected chi connectivity index (χ2v) is 5.76. The molecule has 1 aliphatic heterocycles. The van der Waals surface area contributed by atoms with Crippen molar-refractivity contribution in [1.82, 2.24) is 10.2 Å². The van der Waals surface area contributed by atoms with E-state index in [0.29, 0.717) is 12.6 Å². The van der Waals surface area contributed by atoms with Crippen molar-refractivity contribution in [3.05, 3.63) is 0 Å². The van der Waals surface area contributed by atoms with Crippen molar-refractivity contribution in [2.24, 2.45) is 11.8 Å². The lowest BCUT2D eigenvalue weighted by molar-refractivity contribution is 0.145. The first-order valence-corrected chi connectivity index (χ1v) is 7.14. The number of nitrogens with zero attached hydrogens (tertiary/aromatic N) is 2. The van der Waals surface area contributed by atoms with E-state index in [0.717, 1.165) is 24.9 Å². The molecule has 2 rings (SSSR count). The molecule has 0 radical (unpaired) electrons. The van der Waals surface area contributed by atoms with Gasteiger partial charge in [0.05, 0.1) is 12.6 Å². The SMILES string of the molecule is CCC1CC(NCC2CCC2)CN(CC#N)C1. The molecule has 2 aliphatic rings. The molecule has 0 bridgehead atoms. The molecule has 2 unspecified atom stereocenters. The molecule has 1 N–H and O–H groups in total. The van der Waals surface area contributed by atoms with Gasteiger partial charge in [-0.15, -0.1) is 0 Å². The zero-order valence-corrected chi connectivity index (χ0v) is 11.0. The van der Waals surface area contributed by atoms with Crippen LogP contribution in [0, 0.1) is 23.2 Å². The van der Waals surface area contributed by atoms with Gasteiger partial charge < -0.3 is 5.32 Å². The van der Waals surface area contributed by atoms with Crippen molar-refractivity contribution < 1.29 is 0 Å². The van der Waals surface area contributed by atoms with Gasteiger partial charge in [0.1, 0.15) is 0 Å². The number of likely N-dealkylation sites (tertiary alicyclic amines) is 1. The number of nitrogens with one attached hydrogen (secondary N) is 1. The zero-order valence-electron chi connectivity index (χ0n) is 11.0. The fourth-order valence-electron chi connectivity index (χ4n) is 3.01. The van der Waals surface area contributed by atoms with E-state index < -0.39 is 0 Å². The lowest BCUT2D eigenvalue weighted by Crippen LogP contribution is -2.50. The standard InChI is InChI=1S/C14H25N3/c1-2-12-8-14(11-17(10-12)7-6-15)16-9-13-4-3-5-13/h12-14,16H,2-5,7-11H2,1H3. The third-order valence-corrected chi connectivity index (χ3v) is 4.40. The van der Waals surface area contributed by atoms with E-state index in [-0.39, 0.29) is 0 Å². The largest absolute Gasteiger partial charge is 0.312 e. The summed E-state index contributed by atoms with van der Waals surface area (Å²) in [6.07, 6.45) is 6.79. The van der Waals surface area contributed by atoms with Crippen LogP contribution >= 0.6 is 0 Å². The molecule has 17 heavy (non-hydrogen) atoms. The number of rotatable bonds is 5. The topological polar surface area (TPSA) is 39.1 Å². The van der Waals surface area contributed by atoms with E-state index in [1.807, 2.05) is 0 Å². The predicted octanol–water partition coefficient (Wildman–Crippen LogP) is 2.00. The summed E-state index contributed by atoms with van der Waals surface area (Å²) in [5.41, 5.74) is 0. The molecule has 2 fully saturated rings. The molecule has 1 heterocycles. The highest BCUT2D eigenvalue weighted by Gasteiger charge is 2.27. The maximum Gasteiger partial charge on any atom is 0.0866 e. The number of hydrogen-bond acceptors (Lipinski definition) is 3. The summed E-state index contributed by atoms with van der Waals surface area (Å²) in [7, 11) is 0. The van der Waals surface area contributed by atoms with Crippen LogP contribution in [0.1, 0.15) is 39.0 Å². The lowest BCUT2D eigenvalue weighted by atomic mass is 9.85. The Hall–Kier alpha value is -0.590. The maximum absolute atomic E-state index is 8.82. The monoisotopic (exact) mass is 235 g/mol. The maximum atomic E-state index is 8.82. The van der Waals surface area contributed by atoms with Crippen LogP contribution < -0.4 is 5.32 Å². The van der Waals surface area contributed by atoms with E-state index in [2.05, 4.69) is 23.2 Å². The average molecular weight is 235 g/mol. The third kappa shape index (κ3) is 3.69. The molecule has 0 aromatic heterocycles. The van der Waals surface area contributed by atoms with Gasteiger partial charge in [0.15, 0.2) is 0 Å². The Balaban J connectivity index is 1.76. The van der Waals surface area contributed by atoms with Gasteiger partial charge in [0, 0.05) is 19.1 Å². The lowest BCUT2D eigenvalue weighted by Gasteiger charge is -2.38. The quantitative estimate of drug-likeness (QED) is 0.741.